The number of rotatable bonds is 0. The van der Waals surface area contributed by atoms with E-state index in [1.54, 1.807) is 6.07 Å². The van der Waals surface area contributed by atoms with E-state index in [-0.39, 0.29) is 0 Å². The average molecular weight is 235 g/mol. The van der Waals surface area contributed by atoms with E-state index in [2.05, 4.69) is 5.32 Å². The van der Waals surface area contributed by atoms with Gasteiger partial charge in [0.15, 0.2) is 0 Å². The molecule has 0 aromatic heterocycles. The van der Waals surface area contributed by atoms with E-state index in [9.17, 15) is 5.11 Å². The lowest BCUT2D eigenvalue weighted by Crippen LogP contribution is -2.42. The first kappa shape index (κ1) is 12.4. The minimum atomic E-state index is 0.316. The van der Waals surface area contributed by atoms with Gasteiger partial charge < -0.3 is 15.2 Å². The molecule has 0 bridgehead atoms. The van der Waals surface area contributed by atoms with Crippen molar-refractivity contribution >= 4 is 0 Å². The lowest BCUT2D eigenvalue weighted by atomic mass is 9.89. The van der Waals surface area contributed by atoms with Crippen LogP contribution >= 0.6 is 0 Å². The minimum absolute atomic E-state index is 0.316. The lowest BCUT2D eigenvalue weighted by Gasteiger charge is -2.37. The summed E-state index contributed by atoms with van der Waals surface area (Å²) in [6.07, 6.45) is 2.64. The molecule has 1 fully saturated rings. The van der Waals surface area contributed by atoms with Crippen LogP contribution in [0, 0.1) is 0 Å². The van der Waals surface area contributed by atoms with E-state index in [0.29, 0.717) is 24.5 Å². The van der Waals surface area contributed by atoms with Crippen LogP contribution in [0.25, 0.3) is 0 Å². The fourth-order valence-electron chi connectivity index (χ4n) is 2.57. The van der Waals surface area contributed by atoms with Crippen LogP contribution in [-0.2, 0) is 11.3 Å². The Morgan fingerprint density at radius 3 is 3.00 bits per heavy atom. The predicted octanol–water partition coefficient (Wildman–Crippen LogP) is 2.74. The average Bonchev–Trinajstić information content (AvgIpc) is 2.40. The second-order valence-corrected chi connectivity index (χ2v) is 4.31. The Morgan fingerprint density at radius 1 is 1.35 bits per heavy atom. The number of hydrogen-bond acceptors (Lipinski definition) is 3. The Bertz CT molecular complexity index is 378. The van der Waals surface area contributed by atoms with Gasteiger partial charge in [0.2, 0.25) is 0 Å². The molecule has 2 atom stereocenters. The molecule has 3 nitrogen and oxygen atoms in total. The number of ether oxygens (including phenoxy) is 1. The van der Waals surface area contributed by atoms with Crippen molar-refractivity contribution in [1.82, 2.24) is 5.32 Å². The van der Waals surface area contributed by atoms with Gasteiger partial charge in [0.1, 0.15) is 5.75 Å². The van der Waals surface area contributed by atoms with Crippen molar-refractivity contribution in [3.63, 3.8) is 0 Å². The molecule has 3 heteroatoms. The van der Waals surface area contributed by atoms with Crippen molar-refractivity contribution in [3.05, 3.63) is 29.3 Å². The summed E-state index contributed by atoms with van der Waals surface area (Å²) >= 11 is 0. The number of phenols is 1. The molecule has 2 heterocycles. The molecule has 0 unspecified atom stereocenters. The number of piperidine rings is 1. The largest absolute Gasteiger partial charge is 0.508 e. The highest BCUT2D eigenvalue weighted by Gasteiger charge is 2.32. The van der Waals surface area contributed by atoms with Gasteiger partial charge in [-0.3, -0.25) is 0 Å². The minimum Gasteiger partial charge on any atom is -0.508 e. The second kappa shape index (κ2) is 5.52. The molecule has 17 heavy (non-hydrogen) atoms. The van der Waals surface area contributed by atoms with Crippen LogP contribution in [0.5, 0.6) is 5.75 Å². The number of fused-ring (bicyclic) bond motifs is 3. The Labute approximate surface area is 103 Å². The molecule has 0 aliphatic carbocycles. The number of nitrogens with one attached hydrogen (secondary N) is 1. The van der Waals surface area contributed by atoms with Crippen LogP contribution in [0.1, 0.15) is 43.9 Å². The zero-order valence-corrected chi connectivity index (χ0v) is 10.6. The van der Waals surface area contributed by atoms with Crippen LogP contribution in [0.2, 0.25) is 0 Å². The van der Waals surface area contributed by atoms with E-state index in [4.69, 9.17) is 4.74 Å². The maximum absolute atomic E-state index is 9.41. The fraction of sp³-hybridized carbons (Fsp3) is 0.571. The first-order valence-electron chi connectivity index (χ1n) is 6.51. The van der Waals surface area contributed by atoms with Crippen LogP contribution in [0.3, 0.4) is 0 Å². The van der Waals surface area contributed by atoms with Gasteiger partial charge in [-0.1, -0.05) is 19.9 Å². The summed E-state index contributed by atoms with van der Waals surface area (Å²) in [6.45, 7) is 5.69. The molecule has 1 saturated heterocycles. The van der Waals surface area contributed by atoms with Crippen LogP contribution in [0.4, 0.5) is 0 Å². The van der Waals surface area contributed by atoms with Crippen LogP contribution in [-0.4, -0.2) is 17.8 Å². The van der Waals surface area contributed by atoms with Crippen molar-refractivity contribution in [3.8, 4) is 5.75 Å². The standard InChI is InChI=1S/C12H15NO2.C2H6/c14-9-3-4-10-8(6-9)7-15-11-2-1-5-13-12(10)11;1-2/h3-4,6,11-14H,1-2,5,7H2;1-2H3/t11-,12-;/m0./s1. The molecule has 3 rings (SSSR count). The Hall–Kier alpha value is -1.06. The van der Waals surface area contributed by atoms with Crippen molar-refractivity contribution in [2.24, 2.45) is 0 Å². The molecule has 2 aliphatic rings. The normalized spacial score (nSPS) is 26.2. The van der Waals surface area contributed by atoms with E-state index in [0.717, 1.165) is 18.5 Å². The van der Waals surface area contributed by atoms with Crippen molar-refractivity contribution in [2.45, 2.75) is 45.4 Å². The number of hydrogen-bond donors (Lipinski definition) is 2. The molecule has 0 spiro atoms. The Balaban J connectivity index is 0.000000514. The molecular weight excluding hydrogens is 214 g/mol. The predicted molar refractivity (Wildman–Crippen MR) is 68.0 cm³/mol. The van der Waals surface area contributed by atoms with Gasteiger partial charge in [0, 0.05) is 0 Å². The van der Waals surface area contributed by atoms with Crippen molar-refractivity contribution < 1.29 is 9.84 Å². The summed E-state index contributed by atoms with van der Waals surface area (Å²) in [5.41, 5.74) is 2.41. The van der Waals surface area contributed by atoms with Gasteiger partial charge in [-0.25, -0.2) is 0 Å². The van der Waals surface area contributed by atoms with E-state index in [1.807, 2.05) is 26.0 Å². The molecule has 1 aromatic carbocycles. The molecule has 1 aromatic rings. The molecule has 94 valence electrons. The molecule has 2 aliphatic heterocycles. The number of aromatic hydroxyl groups is 1. The van der Waals surface area contributed by atoms with E-state index in [1.165, 1.54) is 12.0 Å². The van der Waals surface area contributed by atoms with Crippen LogP contribution in [0.15, 0.2) is 18.2 Å². The molecule has 2 N–H and O–H groups in total. The summed E-state index contributed by atoms with van der Waals surface area (Å²) in [7, 11) is 0. The lowest BCUT2D eigenvalue weighted by molar-refractivity contribution is -0.0178. The summed E-state index contributed by atoms with van der Waals surface area (Å²) in [5, 5.41) is 12.9. The topological polar surface area (TPSA) is 41.5 Å². The molecule has 0 radical (unpaired) electrons. The van der Waals surface area contributed by atoms with Gasteiger partial charge in [0.25, 0.3) is 0 Å². The van der Waals surface area contributed by atoms with Crippen molar-refractivity contribution in [2.75, 3.05) is 6.54 Å². The first-order chi connectivity index (χ1) is 8.34. The van der Waals surface area contributed by atoms with Crippen LogP contribution < -0.4 is 5.32 Å². The third kappa shape index (κ3) is 2.45. The molecule has 0 amide bonds. The highest BCUT2D eigenvalue weighted by Crippen LogP contribution is 2.35. The zero-order chi connectivity index (χ0) is 12.3. The maximum Gasteiger partial charge on any atom is 0.115 e. The SMILES string of the molecule is CC.Oc1ccc2c(c1)CO[C@H]1CCCN[C@@H]21. The summed E-state index contributed by atoms with van der Waals surface area (Å²) < 4.78 is 5.79. The maximum atomic E-state index is 9.41. The summed E-state index contributed by atoms with van der Waals surface area (Å²) in [6, 6.07) is 5.91. The van der Waals surface area contributed by atoms with Crippen molar-refractivity contribution in [1.29, 1.82) is 0 Å². The van der Waals surface area contributed by atoms with Gasteiger partial charge in [-0.2, -0.15) is 0 Å². The number of benzene rings is 1. The third-order valence-corrected chi connectivity index (χ3v) is 3.32. The highest BCUT2D eigenvalue weighted by molar-refractivity contribution is 5.38. The van der Waals surface area contributed by atoms with Gasteiger partial charge in [0.05, 0.1) is 18.8 Å². The monoisotopic (exact) mass is 235 g/mol. The zero-order valence-electron chi connectivity index (χ0n) is 10.6. The number of phenolic OH excluding ortho intramolecular Hbond substituents is 1. The fourth-order valence-corrected chi connectivity index (χ4v) is 2.57. The Morgan fingerprint density at radius 2 is 2.18 bits per heavy atom. The van der Waals surface area contributed by atoms with E-state index < -0.39 is 0 Å². The van der Waals surface area contributed by atoms with E-state index >= 15 is 0 Å². The summed E-state index contributed by atoms with van der Waals surface area (Å²) in [5.74, 6) is 0.326. The highest BCUT2D eigenvalue weighted by atomic mass is 16.5. The van der Waals surface area contributed by atoms with Gasteiger partial charge in [-0.05, 0) is 42.6 Å². The summed E-state index contributed by atoms with van der Waals surface area (Å²) in [4.78, 5) is 0. The smallest absolute Gasteiger partial charge is 0.115 e. The Kier molecular flexibility index (Phi) is 4.02. The molecular formula is C14H21NO2. The first-order valence-corrected chi connectivity index (χ1v) is 6.51. The second-order valence-electron chi connectivity index (χ2n) is 4.31. The third-order valence-electron chi connectivity index (χ3n) is 3.32. The van der Waals surface area contributed by atoms with Gasteiger partial charge in [-0.15, -0.1) is 0 Å². The molecule has 0 saturated carbocycles. The van der Waals surface area contributed by atoms with Gasteiger partial charge >= 0.3 is 0 Å². The quantitative estimate of drug-likeness (QED) is 0.726.